The van der Waals surface area contributed by atoms with E-state index in [-0.39, 0.29) is 39.7 Å². The lowest BCUT2D eigenvalue weighted by atomic mass is 9.30. The largest absolute Gasteiger partial charge is 0.310 e. The van der Waals surface area contributed by atoms with Crippen LogP contribution in [-0.2, 0) is 27.1 Å². The smallest absolute Gasteiger partial charge is 0.247 e. The molecule has 0 spiro atoms. The Hall–Kier alpha value is -11.3. The lowest BCUT2D eigenvalue weighted by Crippen LogP contribution is -2.62. The fourth-order valence-electron chi connectivity index (χ4n) is 16.0. The third-order valence-electron chi connectivity index (χ3n) is 22.0. The molecule has 2 heterocycles. The molecule has 15 rings (SSSR count). The summed E-state index contributed by atoms with van der Waals surface area (Å²) in [5, 5.41) is 10.2. The number of rotatable bonds is 10. The van der Waals surface area contributed by atoms with Crippen LogP contribution < -0.4 is 21.3 Å². The quantitative estimate of drug-likeness (QED) is 0.101. The van der Waals surface area contributed by atoms with Crippen LogP contribution in [0.5, 0.6) is 0 Å². The van der Waals surface area contributed by atoms with Gasteiger partial charge in [0.2, 0.25) is 6.71 Å². The molecule has 2 aliphatic heterocycles. The Bertz CT molecular complexity index is 5130. The average Bonchev–Trinajstić information content (AvgIpc) is 0.685. The van der Waals surface area contributed by atoms with Crippen molar-refractivity contribution < 1.29 is 0 Å². The normalized spacial score (nSPS) is 13.5. The average molecular weight is 1360 g/mol. The van der Waals surface area contributed by atoms with E-state index in [2.05, 4.69) is 374 Å². The molecule has 0 radical (unpaired) electrons. The third-order valence-corrected chi connectivity index (χ3v) is 22.0. The van der Waals surface area contributed by atoms with Crippen LogP contribution in [0.3, 0.4) is 0 Å². The predicted octanol–water partition coefficient (Wildman–Crippen LogP) is 25.7. The number of fused-ring (bicyclic) bond motifs is 4. The first-order chi connectivity index (χ1) is 50.1. The molecule has 0 saturated carbocycles. The number of hydrogen-bond donors (Lipinski definition) is 0. The Morgan fingerprint density at radius 3 is 1.13 bits per heavy atom. The second kappa shape index (κ2) is 26.4. The van der Waals surface area contributed by atoms with Crippen molar-refractivity contribution >= 4 is 45.9 Å². The fraction of sp³-hybridized carbons (Fsp3) is 0.208. The van der Waals surface area contributed by atoms with Gasteiger partial charge in [0.25, 0.3) is 0 Å². The van der Waals surface area contributed by atoms with Crippen LogP contribution in [0.2, 0.25) is 0 Å². The molecule has 0 saturated heterocycles. The van der Waals surface area contributed by atoms with E-state index in [1.54, 1.807) is 0 Å². The van der Waals surface area contributed by atoms with Gasteiger partial charge in [0.05, 0.1) is 23.9 Å². The second-order valence-electron chi connectivity index (χ2n) is 34.4. The van der Waals surface area contributed by atoms with Crippen LogP contribution in [0, 0.1) is 17.9 Å². The zero-order valence-corrected chi connectivity index (χ0v) is 63.6. The van der Waals surface area contributed by atoms with E-state index < -0.39 is 0 Å². The molecule has 0 fully saturated rings. The Morgan fingerprint density at radius 2 is 0.705 bits per heavy atom. The van der Waals surface area contributed by atoms with Crippen molar-refractivity contribution in [2.75, 3.05) is 4.90 Å². The van der Waals surface area contributed by atoms with E-state index in [1.165, 1.54) is 72.0 Å². The Balaban J connectivity index is 1.16. The van der Waals surface area contributed by atoms with Crippen molar-refractivity contribution in [1.82, 2.24) is 0 Å². The Kier molecular flexibility index (Phi) is 17.5. The van der Waals surface area contributed by atoms with Gasteiger partial charge in [-0.2, -0.15) is 5.26 Å². The molecule has 13 aromatic rings. The predicted molar refractivity (Wildman–Crippen MR) is 448 cm³/mol. The van der Waals surface area contributed by atoms with Crippen LogP contribution in [0.1, 0.15) is 160 Å². The summed E-state index contributed by atoms with van der Waals surface area (Å²) in [6.07, 6.45) is 0. The van der Waals surface area contributed by atoms with E-state index in [0.29, 0.717) is 11.3 Å². The van der Waals surface area contributed by atoms with Gasteiger partial charge in [-0.05, 0) is 209 Å². The molecule has 0 aliphatic carbocycles. The monoisotopic (exact) mass is 1360 g/mol. The number of nitriles is 1. The van der Waals surface area contributed by atoms with Gasteiger partial charge in [0, 0.05) is 28.4 Å². The fourth-order valence-corrected chi connectivity index (χ4v) is 16.0. The maximum Gasteiger partial charge on any atom is 0.247 e. The van der Waals surface area contributed by atoms with Gasteiger partial charge >= 0.3 is 0 Å². The van der Waals surface area contributed by atoms with Gasteiger partial charge in [-0.3, -0.25) is 0 Å². The topological polar surface area (TPSA) is 31.4 Å². The highest BCUT2D eigenvalue weighted by molar-refractivity contribution is 6.99. The molecule has 1 unspecified atom stereocenters. The van der Waals surface area contributed by atoms with Gasteiger partial charge in [-0.15, -0.1) is 0 Å². The van der Waals surface area contributed by atoms with Gasteiger partial charge in [-0.25, -0.2) is 4.85 Å². The van der Waals surface area contributed by atoms with Crippen molar-refractivity contribution in [3.05, 3.63) is 341 Å². The molecule has 13 aromatic carbocycles. The molecule has 3 nitrogen and oxygen atoms in total. The van der Waals surface area contributed by atoms with E-state index >= 15 is 0 Å². The number of benzene rings is 13. The summed E-state index contributed by atoms with van der Waals surface area (Å²) in [6, 6.07) is 108. The summed E-state index contributed by atoms with van der Waals surface area (Å²) in [5.74, 6) is -0.332. The lowest BCUT2D eigenvalue weighted by molar-refractivity contribution is 0.589. The minimum atomic E-state index is -0.339. The van der Waals surface area contributed by atoms with Crippen molar-refractivity contribution in [2.24, 2.45) is 0 Å². The van der Waals surface area contributed by atoms with Crippen molar-refractivity contribution in [3.63, 3.8) is 0 Å². The first-order valence-corrected chi connectivity index (χ1v) is 37.3. The summed E-state index contributed by atoms with van der Waals surface area (Å²) < 4.78 is 0. The van der Waals surface area contributed by atoms with E-state index in [0.717, 1.165) is 95.0 Å². The van der Waals surface area contributed by atoms with Gasteiger partial charge < -0.3 is 4.90 Å². The summed E-state index contributed by atoms with van der Waals surface area (Å²) >= 11 is 0. The highest BCUT2D eigenvalue weighted by Gasteiger charge is 2.47. The molecule has 0 aromatic heterocycles. The summed E-state index contributed by atoms with van der Waals surface area (Å²) in [6.45, 7) is 42.8. The minimum Gasteiger partial charge on any atom is -0.310 e. The molecule has 2 aliphatic rings. The molecule has 1 atom stereocenters. The first-order valence-electron chi connectivity index (χ1n) is 37.3. The van der Waals surface area contributed by atoms with Crippen LogP contribution in [0.25, 0.3) is 93.9 Å². The maximum absolute atomic E-state index is 10.2. The Labute approximate surface area is 624 Å². The molecule has 0 bridgehead atoms. The second-order valence-corrected chi connectivity index (χ2v) is 34.4. The highest BCUT2D eigenvalue weighted by atomic mass is 15.2. The van der Waals surface area contributed by atoms with Crippen LogP contribution >= 0.6 is 0 Å². The zero-order chi connectivity index (χ0) is 73.6. The molecule has 0 N–H and O–H groups in total. The summed E-state index contributed by atoms with van der Waals surface area (Å²) in [7, 11) is 0. The summed E-state index contributed by atoms with van der Waals surface area (Å²) in [4.78, 5) is 6.59. The molecule has 4 heteroatoms. The number of hydrogen-bond acceptors (Lipinski definition) is 2. The van der Waals surface area contributed by atoms with Crippen molar-refractivity contribution in [2.45, 2.75) is 137 Å². The third kappa shape index (κ3) is 13.2. The maximum atomic E-state index is 10.2. The van der Waals surface area contributed by atoms with E-state index in [4.69, 9.17) is 6.57 Å². The van der Waals surface area contributed by atoms with Gasteiger partial charge in [0.15, 0.2) is 5.69 Å². The van der Waals surface area contributed by atoms with Gasteiger partial charge in [0.1, 0.15) is 0 Å². The molecule has 514 valence electrons. The van der Waals surface area contributed by atoms with Crippen molar-refractivity contribution in [3.8, 4) is 95.1 Å². The highest BCUT2D eigenvalue weighted by Crippen LogP contribution is 2.55. The van der Waals surface area contributed by atoms with Gasteiger partial charge in [-0.1, -0.05) is 340 Å². The first kappa shape index (κ1) is 69.4. The van der Waals surface area contributed by atoms with Crippen LogP contribution in [0.4, 0.5) is 22.7 Å². The molecule has 0 amide bonds. The van der Waals surface area contributed by atoms with Crippen LogP contribution in [-0.4, -0.2) is 6.71 Å². The summed E-state index contributed by atoms with van der Waals surface area (Å²) in [5.41, 5.74) is 35.5. The SMILES string of the molecule is [C-]#[N+]c1ccc(-c2cc(-c3cccc(C(C)(C)C)c3)c(N3c4ccc(-c5ccccc5)cc4B4c5cc(-c6ccccc6)ccc5C(c5c(-c6cccc(C(C)(C)C)c6)cc(-c6ccc(C#N)cc6)cc5-c5cccc(C(C)(C)C)c5)c5cc(C(C)(C)C)cc3c54)c(-c3cccc(C(C)(C)C)c3)c2)cc1. The minimum absolute atomic E-state index is 0.153. The van der Waals surface area contributed by atoms with Crippen molar-refractivity contribution in [1.29, 1.82) is 5.26 Å². The number of anilines is 3. The van der Waals surface area contributed by atoms with E-state index in [1.807, 2.05) is 24.3 Å². The van der Waals surface area contributed by atoms with E-state index in [9.17, 15) is 5.26 Å². The van der Waals surface area contributed by atoms with Crippen LogP contribution in [0.15, 0.2) is 279 Å². The zero-order valence-electron chi connectivity index (χ0n) is 63.6. The lowest BCUT2D eigenvalue weighted by Gasteiger charge is -2.45. The molecular weight excluding hydrogens is 1270 g/mol. The molecular formula is C101H92BN3. The number of nitrogens with zero attached hydrogens (tertiary/aromatic N) is 3. The standard InChI is InChI=1S/C101H92BN3/c1-97(2,3)77-35-23-31-71(51-77)84-55-75(67-41-39-64(63-103)40-42-67)56-85(72-32-24-36-78(52-72)98(4,5)6)94(84)93-83-49-45-69(65-27-19-17-20-28-65)59-89(83)102-90-60-70(66-29-21-18-22-30-66)46-50-91(90)105(92-62-81(101(13,14)15)61-88(93)95(92)102)96-86(73-33-25-37-79(53-73)99(7,8)9)57-76(68-43-47-82(104-16)48-44-68)58-87(96)74-34-26-38-80(54-74)100(10,11)12/h17-62,93H,1-15H3. The Morgan fingerprint density at radius 1 is 0.324 bits per heavy atom. The molecule has 105 heavy (non-hydrogen) atoms.